The molecule has 2 aliphatic heterocycles. The molecule has 5 heteroatoms. The lowest BCUT2D eigenvalue weighted by atomic mass is 10.0. The van der Waals surface area contributed by atoms with Crippen molar-refractivity contribution in [3.05, 3.63) is 71.8 Å². The summed E-state index contributed by atoms with van der Waals surface area (Å²) in [5.41, 5.74) is 2.31. The van der Waals surface area contributed by atoms with Crippen molar-refractivity contribution in [3.8, 4) is 11.5 Å². The minimum Gasteiger partial charge on any atom is -0.486 e. The largest absolute Gasteiger partial charge is 0.486 e. The summed E-state index contributed by atoms with van der Waals surface area (Å²) in [7, 11) is 0. The number of hydrogen-bond acceptors (Lipinski definition) is 4. The molecule has 0 radical (unpaired) electrons. The SMILES string of the molecule is C[C@@H](NCC(=O)N1CCC[C@H]1c1ccc2c(c1)OCCO2)c1ccc2ccccc2c1. The average Bonchev–Trinajstić information content (AvgIpc) is 3.32. The Kier molecular flexibility index (Phi) is 5.51. The molecule has 0 aliphatic carbocycles. The molecule has 0 bridgehead atoms. The fourth-order valence-electron chi connectivity index (χ4n) is 4.62. The van der Waals surface area contributed by atoms with E-state index in [4.69, 9.17) is 9.47 Å². The molecule has 0 saturated carbocycles. The number of ether oxygens (including phenoxy) is 2. The molecule has 0 unspecified atom stereocenters. The highest BCUT2D eigenvalue weighted by atomic mass is 16.6. The predicted octanol–water partition coefficient (Wildman–Crippen LogP) is 4.63. The van der Waals surface area contributed by atoms with Crippen LogP contribution in [0.2, 0.25) is 0 Å². The van der Waals surface area contributed by atoms with Crippen molar-refractivity contribution in [1.29, 1.82) is 0 Å². The van der Waals surface area contributed by atoms with Crippen LogP contribution < -0.4 is 14.8 Å². The number of nitrogens with one attached hydrogen (secondary N) is 1. The van der Waals surface area contributed by atoms with Crippen molar-refractivity contribution in [2.24, 2.45) is 0 Å². The molecule has 2 aliphatic rings. The monoisotopic (exact) mass is 416 g/mol. The van der Waals surface area contributed by atoms with Gasteiger partial charge >= 0.3 is 0 Å². The van der Waals surface area contributed by atoms with Crippen LogP contribution in [0.1, 0.15) is 43.0 Å². The Bertz CT molecular complexity index is 1100. The van der Waals surface area contributed by atoms with Crippen molar-refractivity contribution in [1.82, 2.24) is 10.2 Å². The number of rotatable bonds is 5. The van der Waals surface area contributed by atoms with Crippen molar-refractivity contribution in [2.75, 3.05) is 26.3 Å². The first-order valence-electron chi connectivity index (χ1n) is 11.1. The molecule has 1 amide bonds. The Hall–Kier alpha value is -3.05. The molecule has 3 aromatic carbocycles. The van der Waals surface area contributed by atoms with E-state index >= 15 is 0 Å². The van der Waals surface area contributed by atoms with Crippen LogP contribution in [0.15, 0.2) is 60.7 Å². The first-order valence-corrected chi connectivity index (χ1v) is 11.1. The molecule has 1 N–H and O–H groups in total. The molecule has 160 valence electrons. The van der Waals surface area contributed by atoms with Crippen LogP contribution in [-0.4, -0.2) is 37.1 Å². The van der Waals surface area contributed by atoms with Crippen LogP contribution in [0, 0.1) is 0 Å². The van der Waals surface area contributed by atoms with E-state index in [2.05, 4.69) is 60.8 Å². The summed E-state index contributed by atoms with van der Waals surface area (Å²) in [4.78, 5) is 15.1. The van der Waals surface area contributed by atoms with Gasteiger partial charge in [0.15, 0.2) is 11.5 Å². The smallest absolute Gasteiger partial charge is 0.237 e. The molecule has 1 saturated heterocycles. The van der Waals surface area contributed by atoms with E-state index in [0.29, 0.717) is 19.8 Å². The third-order valence-electron chi connectivity index (χ3n) is 6.36. The van der Waals surface area contributed by atoms with Crippen LogP contribution in [0.3, 0.4) is 0 Å². The Balaban J connectivity index is 1.25. The van der Waals surface area contributed by atoms with Crippen molar-refractivity contribution < 1.29 is 14.3 Å². The van der Waals surface area contributed by atoms with E-state index in [1.54, 1.807) is 0 Å². The number of likely N-dealkylation sites (tertiary alicyclic amines) is 1. The predicted molar refractivity (Wildman–Crippen MR) is 121 cm³/mol. The standard InChI is InChI=1S/C26H28N2O3/c1-18(20-9-8-19-5-2-3-6-21(19)15-20)27-17-26(29)28-12-4-7-23(28)22-10-11-24-25(16-22)31-14-13-30-24/h2-3,5-6,8-11,15-16,18,23,27H,4,7,12-14,17H2,1H3/t18-,23+/m1/s1. The van der Waals surface area contributed by atoms with Crippen LogP contribution in [0.25, 0.3) is 10.8 Å². The zero-order chi connectivity index (χ0) is 21.2. The number of nitrogens with zero attached hydrogens (tertiary/aromatic N) is 1. The lowest BCUT2D eigenvalue weighted by Crippen LogP contribution is -2.38. The highest BCUT2D eigenvalue weighted by molar-refractivity contribution is 5.83. The van der Waals surface area contributed by atoms with Gasteiger partial charge in [0.2, 0.25) is 5.91 Å². The third kappa shape index (κ3) is 4.10. The normalized spacial score (nSPS) is 18.9. The van der Waals surface area contributed by atoms with Gasteiger partial charge in [0, 0.05) is 12.6 Å². The maximum atomic E-state index is 13.1. The lowest BCUT2D eigenvalue weighted by Gasteiger charge is -2.27. The molecule has 0 aromatic heterocycles. The number of hydrogen-bond donors (Lipinski definition) is 1. The summed E-state index contributed by atoms with van der Waals surface area (Å²) in [5.74, 6) is 1.72. The molecule has 0 spiro atoms. The van der Waals surface area contributed by atoms with Gasteiger partial charge in [-0.15, -0.1) is 0 Å². The average molecular weight is 417 g/mol. The Labute approximate surface area is 183 Å². The highest BCUT2D eigenvalue weighted by Crippen LogP contribution is 2.38. The number of benzene rings is 3. The number of amides is 1. The molecule has 5 rings (SSSR count). The molecule has 31 heavy (non-hydrogen) atoms. The second kappa shape index (κ2) is 8.60. The van der Waals surface area contributed by atoms with Crippen LogP contribution in [-0.2, 0) is 4.79 Å². The maximum absolute atomic E-state index is 13.1. The van der Waals surface area contributed by atoms with E-state index in [-0.39, 0.29) is 18.0 Å². The maximum Gasteiger partial charge on any atom is 0.237 e. The van der Waals surface area contributed by atoms with Crippen molar-refractivity contribution >= 4 is 16.7 Å². The summed E-state index contributed by atoms with van der Waals surface area (Å²) < 4.78 is 11.4. The van der Waals surface area contributed by atoms with E-state index in [1.165, 1.54) is 16.3 Å². The molecular weight excluding hydrogens is 388 g/mol. The van der Waals surface area contributed by atoms with Gasteiger partial charge in [-0.2, -0.15) is 0 Å². The highest BCUT2D eigenvalue weighted by Gasteiger charge is 2.30. The molecule has 1 fully saturated rings. The number of carbonyl (C=O) groups is 1. The molecule has 2 atom stereocenters. The lowest BCUT2D eigenvalue weighted by molar-refractivity contribution is -0.131. The fourth-order valence-corrected chi connectivity index (χ4v) is 4.62. The molecule has 5 nitrogen and oxygen atoms in total. The zero-order valence-corrected chi connectivity index (χ0v) is 17.8. The van der Waals surface area contributed by atoms with E-state index in [1.807, 2.05) is 17.0 Å². The Morgan fingerprint density at radius 2 is 1.84 bits per heavy atom. The second-order valence-corrected chi connectivity index (χ2v) is 8.36. The quantitative estimate of drug-likeness (QED) is 0.659. The zero-order valence-electron chi connectivity index (χ0n) is 17.8. The molecule has 2 heterocycles. The van der Waals surface area contributed by atoms with E-state index in [9.17, 15) is 4.79 Å². The van der Waals surface area contributed by atoms with Gasteiger partial charge in [0.05, 0.1) is 12.6 Å². The van der Waals surface area contributed by atoms with Gasteiger partial charge in [0.1, 0.15) is 13.2 Å². The van der Waals surface area contributed by atoms with Crippen LogP contribution in [0.5, 0.6) is 11.5 Å². The van der Waals surface area contributed by atoms with Gasteiger partial charge in [-0.1, -0.05) is 42.5 Å². The Morgan fingerprint density at radius 1 is 1.03 bits per heavy atom. The van der Waals surface area contributed by atoms with Crippen LogP contribution in [0.4, 0.5) is 0 Å². The van der Waals surface area contributed by atoms with Crippen molar-refractivity contribution in [2.45, 2.75) is 31.8 Å². The van der Waals surface area contributed by atoms with Crippen LogP contribution >= 0.6 is 0 Å². The fraction of sp³-hybridized carbons (Fsp3) is 0.346. The van der Waals surface area contributed by atoms with Gasteiger partial charge in [-0.25, -0.2) is 0 Å². The first kappa shape index (κ1) is 19.9. The third-order valence-corrected chi connectivity index (χ3v) is 6.36. The van der Waals surface area contributed by atoms with Crippen molar-refractivity contribution in [3.63, 3.8) is 0 Å². The van der Waals surface area contributed by atoms with Gasteiger partial charge in [-0.05, 0) is 59.9 Å². The summed E-state index contributed by atoms with van der Waals surface area (Å²) >= 11 is 0. The molecule has 3 aromatic rings. The minimum atomic E-state index is 0.0982. The number of fused-ring (bicyclic) bond motifs is 2. The Morgan fingerprint density at radius 3 is 2.71 bits per heavy atom. The van der Waals surface area contributed by atoms with E-state index in [0.717, 1.165) is 36.4 Å². The van der Waals surface area contributed by atoms with Gasteiger partial charge in [-0.3, -0.25) is 4.79 Å². The molecular formula is C26H28N2O3. The van der Waals surface area contributed by atoms with Gasteiger partial charge < -0.3 is 19.7 Å². The second-order valence-electron chi connectivity index (χ2n) is 8.36. The first-order chi connectivity index (χ1) is 15.2. The summed E-state index contributed by atoms with van der Waals surface area (Å²) in [5, 5.41) is 5.88. The summed E-state index contributed by atoms with van der Waals surface area (Å²) in [6, 6.07) is 21.1. The van der Waals surface area contributed by atoms with E-state index < -0.39 is 0 Å². The summed E-state index contributed by atoms with van der Waals surface area (Å²) in [6.07, 6.45) is 2.00. The number of carbonyl (C=O) groups excluding carboxylic acids is 1. The topological polar surface area (TPSA) is 50.8 Å². The minimum absolute atomic E-state index is 0.0982. The van der Waals surface area contributed by atoms with Gasteiger partial charge in [0.25, 0.3) is 0 Å². The summed E-state index contributed by atoms with van der Waals surface area (Å²) in [6.45, 7) is 4.39.